The fourth-order valence-electron chi connectivity index (χ4n) is 3.72. The van der Waals surface area contributed by atoms with E-state index in [1.807, 2.05) is 0 Å². The number of esters is 1. The van der Waals surface area contributed by atoms with Crippen LogP contribution in [0.1, 0.15) is 37.7 Å². The number of aliphatic imine (C=N–C) groups is 1. The molecule has 3 rings (SSSR count). The number of hydrogen-bond acceptors (Lipinski definition) is 5. The number of allylic oxidation sites excluding steroid dienone is 2. The van der Waals surface area contributed by atoms with Gasteiger partial charge in [0.2, 0.25) is 0 Å². The predicted octanol–water partition coefficient (Wildman–Crippen LogP) is 4.36. The van der Waals surface area contributed by atoms with Crippen LogP contribution in [0.25, 0.3) is 0 Å². The lowest BCUT2D eigenvalue weighted by Gasteiger charge is -2.34. The SMILES string of the molecule is COCCOC(=O)C1C(C)=NC2=C(C(=O)CCC2)[C@H]1c1ccc(Cl)cc1Cl. The second-order valence-electron chi connectivity index (χ2n) is 6.67. The van der Waals surface area contributed by atoms with Gasteiger partial charge in [-0.15, -0.1) is 0 Å². The number of hydrogen-bond donors (Lipinski definition) is 0. The molecule has 0 N–H and O–H groups in total. The summed E-state index contributed by atoms with van der Waals surface area (Å²) >= 11 is 12.5. The molecular weight excluding hydrogens is 389 g/mol. The van der Waals surface area contributed by atoms with Crippen LogP contribution in [-0.4, -0.2) is 37.8 Å². The molecule has 0 radical (unpaired) electrons. The Hall–Kier alpha value is -1.69. The van der Waals surface area contributed by atoms with Crippen molar-refractivity contribution in [2.75, 3.05) is 20.3 Å². The second kappa shape index (κ2) is 8.55. The molecule has 0 saturated heterocycles. The first-order chi connectivity index (χ1) is 12.9. The Kier molecular flexibility index (Phi) is 6.35. The standard InChI is InChI=1S/C20H21Cl2NO4/c1-11-17(20(25)27-9-8-26-2)18(13-7-6-12(21)10-14(13)22)19-15(23-11)4-3-5-16(19)24/h6-7,10,17-18H,3-5,8-9H2,1-2H3/t17?,18-/m0/s1. The van der Waals surface area contributed by atoms with E-state index in [4.69, 9.17) is 32.7 Å². The summed E-state index contributed by atoms with van der Waals surface area (Å²) in [5.41, 5.74) is 2.64. The first kappa shape index (κ1) is 20.1. The maximum Gasteiger partial charge on any atom is 0.315 e. The lowest BCUT2D eigenvalue weighted by atomic mass is 9.72. The molecule has 0 amide bonds. The normalized spacial score (nSPS) is 22.4. The Balaban J connectivity index is 2.08. The highest BCUT2D eigenvalue weighted by Crippen LogP contribution is 2.45. The summed E-state index contributed by atoms with van der Waals surface area (Å²) < 4.78 is 10.3. The van der Waals surface area contributed by atoms with Crippen molar-refractivity contribution in [3.05, 3.63) is 45.1 Å². The van der Waals surface area contributed by atoms with Crippen LogP contribution < -0.4 is 0 Å². The summed E-state index contributed by atoms with van der Waals surface area (Å²) in [6.07, 6.45) is 1.92. The number of methoxy groups -OCH3 is 1. The van der Waals surface area contributed by atoms with Gasteiger partial charge < -0.3 is 9.47 Å². The number of ether oxygens (including phenoxy) is 2. The van der Waals surface area contributed by atoms with E-state index in [-0.39, 0.29) is 12.4 Å². The van der Waals surface area contributed by atoms with Gasteiger partial charge in [-0.3, -0.25) is 14.6 Å². The maximum atomic E-state index is 12.9. The molecule has 0 fully saturated rings. The van der Waals surface area contributed by atoms with Crippen LogP contribution in [-0.2, 0) is 19.1 Å². The highest BCUT2D eigenvalue weighted by atomic mass is 35.5. The van der Waals surface area contributed by atoms with Crippen molar-refractivity contribution < 1.29 is 19.1 Å². The molecule has 0 bridgehead atoms. The molecule has 0 aromatic heterocycles. The molecule has 1 aromatic rings. The Morgan fingerprint density at radius 2 is 2.04 bits per heavy atom. The van der Waals surface area contributed by atoms with Gasteiger partial charge in [0.1, 0.15) is 12.5 Å². The minimum atomic E-state index is -0.707. The van der Waals surface area contributed by atoms with Crippen LogP contribution in [0.4, 0.5) is 0 Å². The maximum absolute atomic E-state index is 12.9. The summed E-state index contributed by atoms with van der Waals surface area (Å²) in [6.45, 7) is 2.23. The number of nitrogens with zero attached hydrogens (tertiary/aromatic N) is 1. The predicted molar refractivity (Wildman–Crippen MR) is 105 cm³/mol. The van der Waals surface area contributed by atoms with E-state index >= 15 is 0 Å². The number of ketones is 1. The first-order valence-corrected chi connectivity index (χ1v) is 9.61. The molecule has 1 aliphatic heterocycles. The van der Waals surface area contributed by atoms with Gasteiger partial charge in [0.25, 0.3) is 0 Å². The van der Waals surface area contributed by atoms with Gasteiger partial charge in [-0.1, -0.05) is 29.3 Å². The van der Waals surface area contributed by atoms with Gasteiger partial charge in [0, 0.05) is 46.5 Å². The number of carbonyl (C=O) groups excluding carboxylic acids is 2. The van der Waals surface area contributed by atoms with E-state index in [0.29, 0.717) is 46.3 Å². The zero-order valence-electron chi connectivity index (χ0n) is 15.3. The van der Waals surface area contributed by atoms with Crippen molar-refractivity contribution in [2.45, 2.75) is 32.1 Å². The van der Waals surface area contributed by atoms with Crippen molar-refractivity contribution in [3.63, 3.8) is 0 Å². The van der Waals surface area contributed by atoms with E-state index in [1.54, 1.807) is 25.1 Å². The smallest absolute Gasteiger partial charge is 0.315 e. The third kappa shape index (κ3) is 4.10. The number of Topliss-reactive ketones (excluding diaryl/α,β-unsaturated/α-hetero) is 1. The van der Waals surface area contributed by atoms with E-state index in [0.717, 1.165) is 12.1 Å². The molecule has 2 aliphatic rings. The number of carbonyl (C=O) groups is 2. The van der Waals surface area contributed by atoms with Crippen molar-refractivity contribution >= 4 is 40.7 Å². The third-order valence-electron chi connectivity index (χ3n) is 4.92. The molecule has 27 heavy (non-hydrogen) atoms. The van der Waals surface area contributed by atoms with Gasteiger partial charge in [-0.2, -0.15) is 0 Å². The Labute approximate surface area is 168 Å². The van der Waals surface area contributed by atoms with Crippen molar-refractivity contribution in [2.24, 2.45) is 10.9 Å². The topological polar surface area (TPSA) is 65.0 Å². The van der Waals surface area contributed by atoms with Crippen LogP contribution in [0, 0.1) is 5.92 Å². The van der Waals surface area contributed by atoms with E-state index in [9.17, 15) is 9.59 Å². The Bertz CT molecular complexity index is 831. The quantitative estimate of drug-likeness (QED) is 0.534. The Morgan fingerprint density at radius 3 is 2.74 bits per heavy atom. The van der Waals surface area contributed by atoms with Crippen molar-refractivity contribution in [3.8, 4) is 0 Å². The van der Waals surface area contributed by atoms with Crippen molar-refractivity contribution in [1.29, 1.82) is 0 Å². The summed E-state index contributed by atoms with van der Waals surface area (Å²) in [6, 6.07) is 5.11. The number of rotatable bonds is 5. The molecule has 7 heteroatoms. The zero-order chi connectivity index (χ0) is 19.6. The minimum absolute atomic E-state index is 0.0122. The van der Waals surface area contributed by atoms with Crippen LogP contribution >= 0.6 is 23.2 Å². The van der Waals surface area contributed by atoms with Crippen molar-refractivity contribution in [1.82, 2.24) is 0 Å². The van der Waals surface area contributed by atoms with Gasteiger partial charge in [-0.25, -0.2) is 0 Å². The molecule has 1 heterocycles. The van der Waals surface area contributed by atoms with Crippen LogP contribution in [0.5, 0.6) is 0 Å². The molecular formula is C20H21Cl2NO4. The average molecular weight is 410 g/mol. The molecule has 0 saturated carbocycles. The van der Waals surface area contributed by atoms with Crippen LogP contribution in [0.3, 0.4) is 0 Å². The second-order valence-corrected chi connectivity index (χ2v) is 7.52. The van der Waals surface area contributed by atoms with E-state index < -0.39 is 17.8 Å². The lowest BCUT2D eigenvalue weighted by Crippen LogP contribution is -2.37. The molecule has 144 valence electrons. The molecule has 0 spiro atoms. The summed E-state index contributed by atoms with van der Waals surface area (Å²) in [5.74, 6) is -1.65. The monoisotopic (exact) mass is 409 g/mol. The fraction of sp³-hybridized carbons (Fsp3) is 0.450. The molecule has 5 nitrogen and oxygen atoms in total. The van der Waals surface area contributed by atoms with Gasteiger partial charge in [0.05, 0.1) is 6.61 Å². The van der Waals surface area contributed by atoms with Gasteiger partial charge in [0.15, 0.2) is 5.78 Å². The number of benzene rings is 1. The van der Waals surface area contributed by atoms with Gasteiger partial charge in [-0.05, 0) is 37.5 Å². The highest BCUT2D eigenvalue weighted by molar-refractivity contribution is 6.35. The summed E-state index contributed by atoms with van der Waals surface area (Å²) in [4.78, 5) is 30.2. The third-order valence-corrected chi connectivity index (χ3v) is 5.48. The first-order valence-electron chi connectivity index (χ1n) is 8.86. The molecule has 2 atom stereocenters. The van der Waals surface area contributed by atoms with E-state index in [1.165, 1.54) is 7.11 Å². The summed E-state index contributed by atoms with van der Waals surface area (Å²) in [5, 5.41) is 0.912. The van der Waals surface area contributed by atoms with Crippen LogP contribution in [0.15, 0.2) is 34.5 Å². The zero-order valence-corrected chi connectivity index (χ0v) is 16.8. The highest BCUT2D eigenvalue weighted by Gasteiger charge is 2.43. The van der Waals surface area contributed by atoms with Gasteiger partial charge >= 0.3 is 5.97 Å². The Morgan fingerprint density at radius 1 is 1.26 bits per heavy atom. The average Bonchev–Trinajstić information content (AvgIpc) is 2.61. The number of halogens is 2. The fourth-order valence-corrected chi connectivity index (χ4v) is 4.24. The lowest BCUT2D eigenvalue weighted by molar-refractivity contribution is -0.147. The molecule has 1 unspecified atom stereocenters. The molecule has 1 aromatic carbocycles. The van der Waals surface area contributed by atoms with E-state index in [2.05, 4.69) is 4.99 Å². The minimum Gasteiger partial charge on any atom is -0.463 e. The largest absolute Gasteiger partial charge is 0.463 e. The van der Waals surface area contributed by atoms with Crippen LogP contribution in [0.2, 0.25) is 10.0 Å². The summed E-state index contributed by atoms with van der Waals surface area (Å²) in [7, 11) is 1.54. The molecule has 1 aliphatic carbocycles.